The maximum absolute atomic E-state index is 13.6. The Morgan fingerprint density at radius 3 is 2.45 bits per heavy atom. The third-order valence-corrected chi connectivity index (χ3v) is 7.55. The molecule has 0 N–H and O–H groups in total. The van der Waals surface area contributed by atoms with Crippen LogP contribution in [0.3, 0.4) is 0 Å². The van der Waals surface area contributed by atoms with Gasteiger partial charge < -0.3 is 4.57 Å². The number of aromatic nitrogens is 2. The van der Waals surface area contributed by atoms with Crippen molar-refractivity contribution in [3.05, 3.63) is 84.2 Å². The van der Waals surface area contributed by atoms with Crippen molar-refractivity contribution in [1.29, 1.82) is 0 Å². The van der Waals surface area contributed by atoms with Gasteiger partial charge in [0.2, 0.25) is 10.0 Å². The molecule has 7 heteroatoms. The topological polar surface area (TPSA) is 55.2 Å². The van der Waals surface area contributed by atoms with E-state index in [1.807, 2.05) is 29.8 Å². The average molecular weight is 414 g/mol. The van der Waals surface area contributed by atoms with E-state index in [1.165, 1.54) is 12.1 Å². The summed E-state index contributed by atoms with van der Waals surface area (Å²) in [6.45, 7) is 2.63. The number of benzene rings is 2. The molecule has 2 aromatic carbocycles. The van der Waals surface area contributed by atoms with Crippen molar-refractivity contribution in [3.63, 3.8) is 0 Å². The molecule has 0 aliphatic carbocycles. The van der Waals surface area contributed by atoms with Gasteiger partial charge >= 0.3 is 0 Å². The molecule has 5 nitrogen and oxygen atoms in total. The molecule has 0 spiro atoms. The lowest BCUT2D eigenvalue weighted by Gasteiger charge is -2.30. The Kier molecular flexibility index (Phi) is 5.52. The highest BCUT2D eigenvalue weighted by Gasteiger charge is 2.42. The van der Waals surface area contributed by atoms with Gasteiger partial charge in [-0.2, -0.15) is 4.31 Å². The first kappa shape index (κ1) is 19.8. The number of halogens is 1. The lowest BCUT2D eigenvalue weighted by Crippen LogP contribution is -2.38. The van der Waals surface area contributed by atoms with Crippen LogP contribution in [0.15, 0.2) is 72.1 Å². The van der Waals surface area contributed by atoms with E-state index in [0.717, 1.165) is 17.5 Å². The number of aryl methyl sites for hydroxylation is 2. The standard InChI is InChI=1S/C22H24FN3O2S/c1-17-2-9-21(10-3-17)29(27,28)26-20(12-14-25-15-13-24-16-25)8-11-22(26)18-4-6-19(23)7-5-18/h2-7,9-10,13,15-16,20,22H,8,11-12,14H2,1H3. The Balaban J connectivity index is 1.68. The van der Waals surface area contributed by atoms with E-state index in [4.69, 9.17) is 0 Å². The van der Waals surface area contributed by atoms with Gasteiger partial charge in [-0.3, -0.25) is 0 Å². The first-order chi connectivity index (χ1) is 13.9. The predicted molar refractivity (Wildman–Crippen MR) is 109 cm³/mol. The van der Waals surface area contributed by atoms with Gasteiger partial charge in [-0.05, 0) is 56.0 Å². The number of nitrogens with zero attached hydrogens (tertiary/aromatic N) is 3. The minimum absolute atomic E-state index is 0.126. The zero-order valence-corrected chi connectivity index (χ0v) is 17.1. The molecular formula is C22H24FN3O2S. The maximum Gasteiger partial charge on any atom is 0.243 e. The average Bonchev–Trinajstić information content (AvgIpc) is 3.37. The largest absolute Gasteiger partial charge is 0.337 e. The lowest BCUT2D eigenvalue weighted by atomic mass is 10.1. The highest BCUT2D eigenvalue weighted by molar-refractivity contribution is 7.89. The molecule has 2 heterocycles. The van der Waals surface area contributed by atoms with Gasteiger partial charge in [-0.25, -0.2) is 17.8 Å². The van der Waals surface area contributed by atoms with E-state index >= 15 is 0 Å². The lowest BCUT2D eigenvalue weighted by molar-refractivity contribution is 0.304. The molecule has 0 radical (unpaired) electrons. The number of rotatable bonds is 6. The van der Waals surface area contributed by atoms with E-state index in [2.05, 4.69) is 4.98 Å². The van der Waals surface area contributed by atoms with Gasteiger partial charge in [-0.15, -0.1) is 0 Å². The molecule has 0 amide bonds. The van der Waals surface area contributed by atoms with E-state index in [-0.39, 0.29) is 17.9 Å². The van der Waals surface area contributed by atoms with Crippen LogP contribution in [0.4, 0.5) is 4.39 Å². The van der Waals surface area contributed by atoms with Crippen LogP contribution in [0, 0.1) is 12.7 Å². The summed E-state index contributed by atoms with van der Waals surface area (Å²) in [5.41, 5.74) is 1.84. The van der Waals surface area contributed by atoms with Crippen molar-refractivity contribution in [2.75, 3.05) is 0 Å². The van der Waals surface area contributed by atoms with Gasteiger partial charge in [0.05, 0.1) is 17.3 Å². The van der Waals surface area contributed by atoms with Gasteiger partial charge in [-0.1, -0.05) is 29.8 Å². The summed E-state index contributed by atoms with van der Waals surface area (Å²) < 4.78 is 44.2. The van der Waals surface area contributed by atoms with Crippen LogP contribution < -0.4 is 0 Å². The third kappa shape index (κ3) is 4.11. The van der Waals surface area contributed by atoms with Gasteiger partial charge in [0.1, 0.15) is 5.82 Å². The van der Waals surface area contributed by atoms with E-state index in [1.54, 1.807) is 41.1 Å². The molecule has 0 bridgehead atoms. The second-order valence-electron chi connectivity index (χ2n) is 7.54. The van der Waals surface area contributed by atoms with Crippen molar-refractivity contribution in [3.8, 4) is 0 Å². The highest BCUT2D eigenvalue weighted by Crippen LogP contribution is 2.41. The van der Waals surface area contributed by atoms with Crippen molar-refractivity contribution in [1.82, 2.24) is 13.9 Å². The normalized spacial score (nSPS) is 20.2. The van der Waals surface area contributed by atoms with Gasteiger partial charge in [0.25, 0.3) is 0 Å². The molecule has 1 aromatic heterocycles. The SMILES string of the molecule is Cc1ccc(S(=O)(=O)N2C(CCn3ccnc3)CCC2c2ccc(F)cc2)cc1. The van der Waals surface area contributed by atoms with Crippen molar-refractivity contribution >= 4 is 10.0 Å². The minimum atomic E-state index is -3.69. The second kappa shape index (κ2) is 8.08. The van der Waals surface area contributed by atoms with Crippen LogP contribution in [0.25, 0.3) is 0 Å². The van der Waals surface area contributed by atoms with E-state index in [9.17, 15) is 12.8 Å². The quantitative estimate of drug-likeness (QED) is 0.605. The van der Waals surface area contributed by atoms with Crippen LogP contribution in [-0.4, -0.2) is 28.3 Å². The molecular weight excluding hydrogens is 389 g/mol. The number of hydrogen-bond donors (Lipinski definition) is 0. The summed E-state index contributed by atoms with van der Waals surface area (Å²) in [7, 11) is -3.69. The molecule has 0 saturated carbocycles. The van der Waals surface area contributed by atoms with Crippen molar-refractivity contribution in [2.24, 2.45) is 0 Å². The summed E-state index contributed by atoms with van der Waals surface area (Å²) >= 11 is 0. The third-order valence-electron chi connectivity index (χ3n) is 5.57. The summed E-state index contributed by atoms with van der Waals surface area (Å²) in [6.07, 6.45) is 7.51. The van der Waals surface area contributed by atoms with Crippen LogP contribution in [0.1, 0.15) is 36.4 Å². The smallest absolute Gasteiger partial charge is 0.243 e. The Morgan fingerprint density at radius 1 is 1.07 bits per heavy atom. The fourth-order valence-corrected chi connectivity index (χ4v) is 5.93. The number of imidazole rings is 1. The zero-order valence-electron chi connectivity index (χ0n) is 16.3. The summed E-state index contributed by atoms with van der Waals surface area (Å²) in [5, 5.41) is 0. The zero-order chi connectivity index (χ0) is 20.4. The fourth-order valence-electron chi connectivity index (χ4n) is 4.04. The Morgan fingerprint density at radius 2 is 1.79 bits per heavy atom. The molecule has 2 unspecified atom stereocenters. The van der Waals surface area contributed by atoms with E-state index < -0.39 is 10.0 Å². The molecule has 1 aliphatic rings. The molecule has 29 heavy (non-hydrogen) atoms. The molecule has 152 valence electrons. The van der Waals surface area contributed by atoms with Crippen molar-refractivity contribution in [2.45, 2.75) is 49.7 Å². The summed E-state index contributed by atoms with van der Waals surface area (Å²) in [4.78, 5) is 4.35. The minimum Gasteiger partial charge on any atom is -0.337 e. The monoisotopic (exact) mass is 413 g/mol. The predicted octanol–water partition coefficient (Wildman–Crippen LogP) is 4.32. The van der Waals surface area contributed by atoms with Crippen LogP contribution in [-0.2, 0) is 16.6 Å². The van der Waals surface area contributed by atoms with Crippen LogP contribution in [0.2, 0.25) is 0 Å². The Hall–Kier alpha value is -2.51. The molecule has 1 saturated heterocycles. The van der Waals surface area contributed by atoms with Crippen molar-refractivity contribution < 1.29 is 12.8 Å². The molecule has 1 aliphatic heterocycles. The van der Waals surface area contributed by atoms with Gasteiger partial charge in [0, 0.05) is 25.0 Å². The molecule has 2 atom stereocenters. The summed E-state index contributed by atoms with van der Waals surface area (Å²) in [6, 6.07) is 12.7. The number of hydrogen-bond acceptors (Lipinski definition) is 3. The molecule has 1 fully saturated rings. The second-order valence-corrected chi connectivity index (χ2v) is 9.38. The molecule has 3 aromatic rings. The Labute approximate surface area is 170 Å². The molecule has 4 rings (SSSR count). The first-order valence-corrected chi connectivity index (χ1v) is 11.2. The van der Waals surface area contributed by atoms with Crippen LogP contribution in [0.5, 0.6) is 0 Å². The number of sulfonamides is 1. The van der Waals surface area contributed by atoms with E-state index in [0.29, 0.717) is 24.3 Å². The van der Waals surface area contributed by atoms with Gasteiger partial charge in [0.15, 0.2) is 0 Å². The first-order valence-electron chi connectivity index (χ1n) is 9.76. The Bertz CT molecular complexity index is 1050. The fraction of sp³-hybridized carbons (Fsp3) is 0.318. The highest BCUT2D eigenvalue weighted by atomic mass is 32.2. The van der Waals surface area contributed by atoms with Crippen LogP contribution >= 0.6 is 0 Å². The summed E-state index contributed by atoms with van der Waals surface area (Å²) in [5.74, 6) is -0.323. The maximum atomic E-state index is 13.6.